The quantitative estimate of drug-likeness (QED) is 0.727. The van der Waals surface area contributed by atoms with Crippen molar-refractivity contribution in [2.45, 2.75) is 38.6 Å². The summed E-state index contributed by atoms with van der Waals surface area (Å²) >= 11 is 0. The lowest BCUT2D eigenvalue weighted by Crippen LogP contribution is -2.31. The van der Waals surface area contributed by atoms with E-state index in [1.54, 1.807) is 6.20 Å². The van der Waals surface area contributed by atoms with Gasteiger partial charge in [0.25, 0.3) is 5.91 Å². The molecule has 1 saturated heterocycles. The largest absolute Gasteiger partial charge is 0.357 e. The summed E-state index contributed by atoms with van der Waals surface area (Å²) in [4.78, 5) is 30.7. The summed E-state index contributed by atoms with van der Waals surface area (Å²) in [6, 6.07) is 6.59. The number of halogens is 2. The second-order valence-electron chi connectivity index (χ2n) is 7.33. The molecule has 6 nitrogen and oxygen atoms in total. The molecule has 8 heteroatoms. The van der Waals surface area contributed by atoms with Crippen LogP contribution in [0, 0.1) is 11.6 Å². The first-order chi connectivity index (χ1) is 14.5. The number of carbonyl (C=O) groups is 2. The van der Waals surface area contributed by atoms with Crippen LogP contribution in [-0.4, -0.2) is 36.4 Å². The summed E-state index contributed by atoms with van der Waals surface area (Å²) in [6.07, 6.45) is 6.62. The standard InChI is InChI=1S/C22H26F2N4O2/c23-17-5-6-18(19(24)14-17)22(30)26-10-8-21(29)27-15-16-7-9-25-20(13-16)28-11-3-1-2-4-12-28/h5-7,9,13-14H,1-4,8,10-12,15H2,(H,26,30)(H,27,29). The highest BCUT2D eigenvalue weighted by Gasteiger charge is 2.13. The number of aromatic nitrogens is 1. The van der Waals surface area contributed by atoms with Crippen molar-refractivity contribution in [3.8, 4) is 0 Å². The number of nitrogens with zero attached hydrogens (tertiary/aromatic N) is 2. The zero-order valence-corrected chi connectivity index (χ0v) is 16.8. The first kappa shape index (κ1) is 21.7. The minimum Gasteiger partial charge on any atom is -0.357 e. The number of nitrogens with one attached hydrogen (secondary N) is 2. The van der Waals surface area contributed by atoms with Gasteiger partial charge in [-0.05, 0) is 42.7 Å². The number of hydrogen-bond donors (Lipinski definition) is 2. The smallest absolute Gasteiger partial charge is 0.254 e. The topological polar surface area (TPSA) is 74.3 Å². The Morgan fingerprint density at radius 3 is 2.50 bits per heavy atom. The van der Waals surface area contributed by atoms with E-state index in [1.165, 1.54) is 12.8 Å². The molecule has 3 rings (SSSR count). The Hall–Kier alpha value is -3.03. The van der Waals surface area contributed by atoms with Crippen LogP contribution in [-0.2, 0) is 11.3 Å². The fourth-order valence-corrected chi connectivity index (χ4v) is 3.39. The molecule has 30 heavy (non-hydrogen) atoms. The molecule has 0 saturated carbocycles. The van der Waals surface area contributed by atoms with E-state index in [1.807, 2.05) is 12.1 Å². The van der Waals surface area contributed by atoms with Crippen LogP contribution in [0.1, 0.15) is 48.0 Å². The number of hydrogen-bond acceptors (Lipinski definition) is 4. The van der Waals surface area contributed by atoms with Gasteiger partial charge in [0.2, 0.25) is 5.91 Å². The summed E-state index contributed by atoms with van der Waals surface area (Å²) < 4.78 is 26.5. The first-order valence-corrected chi connectivity index (χ1v) is 10.2. The van der Waals surface area contributed by atoms with Crippen molar-refractivity contribution >= 4 is 17.6 Å². The normalized spacial score (nSPS) is 14.1. The second-order valence-corrected chi connectivity index (χ2v) is 7.33. The minimum absolute atomic E-state index is 0.0524. The lowest BCUT2D eigenvalue weighted by molar-refractivity contribution is -0.121. The third-order valence-electron chi connectivity index (χ3n) is 5.04. The molecule has 0 radical (unpaired) electrons. The molecule has 0 aliphatic carbocycles. The molecule has 0 spiro atoms. The van der Waals surface area contributed by atoms with Crippen LogP contribution in [0.5, 0.6) is 0 Å². The van der Waals surface area contributed by atoms with Crippen LogP contribution in [0.3, 0.4) is 0 Å². The van der Waals surface area contributed by atoms with Gasteiger partial charge in [-0.2, -0.15) is 0 Å². The Kier molecular flexibility index (Phi) is 7.70. The van der Waals surface area contributed by atoms with E-state index in [4.69, 9.17) is 0 Å². The summed E-state index contributed by atoms with van der Waals surface area (Å²) in [5, 5.41) is 5.28. The highest BCUT2D eigenvalue weighted by atomic mass is 19.1. The molecule has 1 aliphatic rings. The van der Waals surface area contributed by atoms with E-state index >= 15 is 0 Å². The molecule has 0 bridgehead atoms. The summed E-state index contributed by atoms with van der Waals surface area (Å²) in [5.74, 6) is -1.68. The van der Waals surface area contributed by atoms with Gasteiger partial charge < -0.3 is 15.5 Å². The SMILES string of the molecule is O=C(CCNC(=O)c1ccc(F)cc1F)NCc1ccnc(N2CCCCCC2)c1. The lowest BCUT2D eigenvalue weighted by Gasteiger charge is -2.21. The van der Waals surface area contributed by atoms with Gasteiger partial charge in [0, 0.05) is 44.9 Å². The molecule has 2 aromatic rings. The predicted octanol–water partition coefficient (Wildman–Crippen LogP) is 3.18. The fraction of sp³-hybridized carbons (Fsp3) is 0.409. The van der Waals surface area contributed by atoms with E-state index < -0.39 is 17.5 Å². The highest BCUT2D eigenvalue weighted by molar-refractivity contribution is 5.94. The third-order valence-corrected chi connectivity index (χ3v) is 5.04. The van der Waals surface area contributed by atoms with Crippen LogP contribution in [0.2, 0.25) is 0 Å². The van der Waals surface area contributed by atoms with Crippen LogP contribution < -0.4 is 15.5 Å². The molecule has 2 heterocycles. The van der Waals surface area contributed by atoms with Crippen molar-refractivity contribution in [1.82, 2.24) is 15.6 Å². The van der Waals surface area contributed by atoms with Crippen molar-refractivity contribution in [3.63, 3.8) is 0 Å². The third kappa shape index (κ3) is 6.23. The zero-order valence-electron chi connectivity index (χ0n) is 16.8. The van der Waals surface area contributed by atoms with Gasteiger partial charge in [-0.25, -0.2) is 13.8 Å². The molecule has 160 valence electrons. The van der Waals surface area contributed by atoms with Crippen LogP contribution in [0.4, 0.5) is 14.6 Å². The molecule has 0 unspecified atom stereocenters. The van der Waals surface area contributed by atoms with Gasteiger partial charge in [-0.3, -0.25) is 9.59 Å². The number of amides is 2. The minimum atomic E-state index is -0.935. The molecule has 1 fully saturated rings. The van der Waals surface area contributed by atoms with Gasteiger partial charge in [-0.15, -0.1) is 0 Å². The Morgan fingerprint density at radius 2 is 1.77 bits per heavy atom. The van der Waals surface area contributed by atoms with E-state index in [2.05, 4.69) is 20.5 Å². The number of anilines is 1. The molecular weight excluding hydrogens is 390 g/mol. The summed E-state index contributed by atoms with van der Waals surface area (Å²) in [7, 11) is 0. The van der Waals surface area contributed by atoms with Crippen molar-refractivity contribution in [2.75, 3.05) is 24.5 Å². The second kappa shape index (κ2) is 10.7. The van der Waals surface area contributed by atoms with E-state index in [0.717, 1.165) is 49.4 Å². The first-order valence-electron chi connectivity index (χ1n) is 10.2. The average Bonchev–Trinajstić information content (AvgIpc) is 3.02. The van der Waals surface area contributed by atoms with Crippen molar-refractivity contribution in [1.29, 1.82) is 0 Å². The fourth-order valence-electron chi connectivity index (χ4n) is 3.39. The van der Waals surface area contributed by atoms with Crippen LogP contribution in [0.25, 0.3) is 0 Å². The van der Waals surface area contributed by atoms with Gasteiger partial charge in [0.1, 0.15) is 17.5 Å². The number of pyridine rings is 1. The zero-order chi connectivity index (χ0) is 21.3. The van der Waals surface area contributed by atoms with E-state index in [0.29, 0.717) is 12.6 Å². The van der Waals surface area contributed by atoms with E-state index in [-0.39, 0.29) is 24.4 Å². The molecule has 1 aromatic heterocycles. The van der Waals surface area contributed by atoms with Gasteiger partial charge >= 0.3 is 0 Å². The van der Waals surface area contributed by atoms with Gasteiger partial charge in [0.15, 0.2) is 0 Å². The highest BCUT2D eigenvalue weighted by Crippen LogP contribution is 2.18. The van der Waals surface area contributed by atoms with Crippen LogP contribution in [0.15, 0.2) is 36.5 Å². The van der Waals surface area contributed by atoms with Crippen molar-refractivity contribution in [2.24, 2.45) is 0 Å². The van der Waals surface area contributed by atoms with Crippen molar-refractivity contribution in [3.05, 3.63) is 59.3 Å². The maximum atomic E-state index is 13.6. The Morgan fingerprint density at radius 1 is 1.00 bits per heavy atom. The Bertz CT molecular complexity index is 883. The maximum absolute atomic E-state index is 13.6. The Balaban J connectivity index is 1.43. The number of rotatable bonds is 7. The van der Waals surface area contributed by atoms with E-state index in [9.17, 15) is 18.4 Å². The molecule has 2 N–H and O–H groups in total. The van der Waals surface area contributed by atoms with Gasteiger partial charge in [-0.1, -0.05) is 12.8 Å². The maximum Gasteiger partial charge on any atom is 0.254 e. The van der Waals surface area contributed by atoms with Gasteiger partial charge in [0.05, 0.1) is 5.56 Å². The summed E-state index contributed by atoms with van der Waals surface area (Å²) in [5.41, 5.74) is 0.699. The van der Waals surface area contributed by atoms with Crippen LogP contribution >= 0.6 is 0 Å². The predicted molar refractivity (Wildman–Crippen MR) is 110 cm³/mol. The molecular formula is C22H26F2N4O2. The molecule has 1 aliphatic heterocycles. The monoisotopic (exact) mass is 416 g/mol. The van der Waals surface area contributed by atoms with Crippen molar-refractivity contribution < 1.29 is 18.4 Å². The number of benzene rings is 1. The molecule has 1 aromatic carbocycles. The average molecular weight is 416 g/mol. The number of carbonyl (C=O) groups excluding carboxylic acids is 2. The molecule has 2 amide bonds. The lowest BCUT2D eigenvalue weighted by atomic mass is 10.2. The Labute approximate surface area is 174 Å². The molecule has 0 atom stereocenters. The summed E-state index contributed by atoms with van der Waals surface area (Å²) in [6.45, 7) is 2.41.